The van der Waals surface area contributed by atoms with Crippen molar-refractivity contribution in [3.63, 3.8) is 0 Å². The Morgan fingerprint density at radius 3 is 3.05 bits per heavy atom. The molecule has 1 N–H and O–H groups in total. The number of hydrogen-bond donors (Lipinski definition) is 1. The van der Waals surface area contributed by atoms with Gasteiger partial charge < -0.3 is 10.1 Å². The molecular weight excluding hydrogens is 281 g/mol. The van der Waals surface area contributed by atoms with E-state index in [0.717, 1.165) is 19.4 Å². The molecule has 6 heteroatoms. The molecule has 0 aromatic carbocycles. The molecule has 1 aromatic heterocycles. The summed E-state index contributed by atoms with van der Waals surface area (Å²) < 4.78 is 21.8. The van der Waals surface area contributed by atoms with Gasteiger partial charge >= 0.3 is 0 Å². The number of hydrogen-bond acceptors (Lipinski definition) is 3. The van der Waals surface area contributed by atoms with Crippen molar-refractivity contribution in [2.45, 2.75) is 50.9 Å². The van der Waals surface area contributed by atoms with Crippen molar-refractivity contribution in [2.24, 2.45) is 0 Å². The Labute approximate surface area is 124 Å². The highest BCUT2D eigenvalue weighted by Gasteiger charge is 2.35. The van der Waals surface area contributed by atoms with Crippen LogP contribution in [0.3, 0.4) is 0 Å². The molecule has 0 amide bonds. The first-order chi connectivity index (χ1) is 9.54. The largest absolute Gasteiger partial charge is 0.383 e. The third-order valence-corrected chi connectivity index (χ3v) is 4.11. The van der Waals surface area contributed by atoms with E-state index in [4.69, 9.17) is 16.3 Å². The summed E-state index contributed by atoms with van der Waals surface area (Å²) >= 11 is 6.14. The minimum absolute atomic E-state index is 0.209. The van der Waals surface area contributed by atoms with E-state index < -0.39 is 5.67 Å². The second-order valence-electron chi connectivity index (χ2n) is 5.61. The van der Waals surface area contributed by atoms with E-state index in [2.05, 4.69) is 10.4 Å². The molecule has 1 saturated heterocycles. The standard InChI is InChI=1S/C14H23ClFN3O/c1-14(16,9-11-5-3-4-6-17-11)13-12(15)10-18-19(13)7-8-20-2/h10-11,17H,3-9H2,1-2H3. The van der Waals surface area contributed by atoms with Gasteiger partial charge in [0.25, 0.3) is 0 Å². The van der Waals surface area contributed by atoms with E-state index in [1.165, 1.54) is 12.6 Å². The Morgan fingerprint density at radius 2 is 2.40 bits per heavy atom. The van der Waals surface area contributed by atoms with E-state index in [1.54, 1.807) is 18.7 Å². The lowest BCUT2D eigenvalue weighted by atomic mass is 9.90. The Balaban J connectivity index is 2.12. The van der Waals surface area contributed by atoms with Crippen molar-refractivity contribution in [3.05, 3.63) is 16.9 Å². The van der Waals surface area contributed by atoms with E-state index in [-0.39, 0.29) is 6.04 Å². The molecule has 114 valence electrons. The summed E-state index contributed by atoms with van der Waals surface area (Å²) in [4.78, 5) is 0. The van der Waals surface area contributed by atoms with Crippen LogP contribution in [-0.4, -0.2) is 36.1 Å². The van der Waals surface area contributed by atoms with Crippen LogP contribution in [0, 0.1) is 0 Å². The van der Waals surface area contributed by atoms with Crippen molar-refractivity contribution >= 4 is 11.6 Å². The number of ether oxygens (including phenoxy) is 1. The van der Waals surface area contributed by atoms with Crippen LogP contribution in [0.1, 0.15) is 38.3 Å². The Morgan fingerprint density at radius 1 is 1.60 bits per heavy atom. The lowest BCUT2D eigenvalue weighted by molar-refractivity contribution is 0.127. The van der Waals surface area contributed by atoms with Crippen molar-refractivity contribution in [1.82, 2.24) is 15.1 Å². The summed E-state index contributed by atoms with van der Waals surface area (Å²) in [6.07, 6.45) is 5.28. The highest BCUT2D eigenvalue weighted by atomic mass is 35.5. The molecule has 1 fully saturated rings. The summed E-state index contributed by atoms with van der Waals surface area (Å²) in [5.74, 6) is 0. The zero-order chi connectivity index (χ0) is 14.6. The summed E-state index contributed by atoms with van der Waals surface area (Å²) in [5.41, 5.74) is -1.03. The number of alkyl halides is 1. The SMILES string of the molecule is COCCn1ncc(Cl)c1C(C)(F)CC1CCCCN1. The fourth-order valence-electron chi connectivity index (χ4n) is 2.89. The average molecular weight is 304 g/mol. The van der Waals surface area contributed by atoms with Crippen LogP contribution < -0.4 is 5.32 Å². The molecule has 2 atom stereocenters. The number of nitrogens with zero attached hydrogens (tertiary/aromatic N) is 2. The van der Waals surface area contributed by atoms with Crippen molar-refractivity contribution in [3.8, 4) is 0 Å². The number of methoxy groups -OCH3 is 1. The predicted octanol–water partition coefficient (Wildman–Crippen LogP) is 2.90. The third kappa shape index (κ3) is 3.71. The molecule has 0 radical (unpaired) electrons. The van der Waals surface area contributed by atoms with Gasteiger partial charge in [0, 0.05) is 19.6 Å². The van der Waals surface area contributed by atoms with Crippen LogP contribution >= 0.6 is 11.6 Å². The number of rotatable bonds is 6. The molecule has 2 unspecified atom stereocenters. The summed E-state index contributed by atoms with van der Waals surface area (Å²) in [6, 6.07) is 0.209. The van der Waals surface area contributed by atoms with Gasteiger partial charge in [-0.1, -0.05) is 18.0 Å². The van der Waals surface area contributed by atoms with Gasteiger partial charge in [-0.3, -0.25) is 4.68 Å². The van der Waals surface area contributed by atoms with E-state index in [1.807, 2.05) is 0 Å². The van der Waals surface area contributed by atoms with E-state index >= 15 is 4.39 Å². The molecule has 1 aliphatic rings. The van der Waals surface area contributed by atoms with Crippen LogP contribution in [-0.2, 0) is 17.0 Å². The summed E-state index contributed by atoms with van der Waals surface area (Å²) in [7, 11) is 1.62. The number of nitrogens with one attached hydrogen (secondary N) is 1. The maximum Gasteiger partial charge on any atom is 0.152 e. The minimum atomic E-state index is -1.49. The molecular formula is C14H23ClFN3O. The van der Waals surface area contributed by atoms with Gasteiger partial charge in [0.15, 0.2) is 5.67 Å². The monoisotopic (exact) mass is 303 g/mol. The Kier molecular flexibility index (Phi) is 5.41. The zero-order valence-electron chi connectivity index (χ0n) is 12.2. The number of piperidine rings is 1. The van der Waals surface area contributed by atoms with Gasteiger partial charge in [0.1, 0.15) is 0 Å². The van der Waals surface area contributed by atoms with E-state index in [0.29, 0.717) is 30.3 Å². The second kappa shape index (κ2) is 6.87. The van der Waals surface area contributed by atoms with Crippen LogP contribution in [0.25, 0.3) is 0 Å². The van der Waals surface area contributed by atoms with Crippen molar-refractivity contribution in [1.29, 1.82) is 0 Å². The molecule has 0 saturated carbocycles. The minimum Gasteiger partial charge on any atom is -0.383 e. The third-order valence-electron chi connectivity index (χ3n) is 3.84. The van der Waals surface area contributed by atoms with Crippen LogP contribution in [0.15, 0.2) is 6.20 Å². The van der Waals surface area contributed by atoms with Gasteiger partial charge in [-0.15, -0.1) is 0 Å². The zero-order valence-corrected chi connectivity index (χ0v) is 12.9. The maximum atomic E-state index is 15.2. The molecule has 1 aromatic rings. The average Bonchev–Trinajstić information content (AvgIpc) is 2.79. The molecule has 20 heavy (non-hydrogen) atoms. The fraction of sp³-hybridized carbons (Fsp3) is 0.786. The lowest BCUT2D eigenvalue weighted by Crippen LogP contribution is -2.39. The molecule has 0 aliphatic carbocycles. The highest BCUT2D eigenvalue weighted by Crippen LogP contribution is 2.36. The van der Waals surface area contributed by atoms with Gasteiger partial charge in [-0.25, -0.2) is 4.39 Å². The smallest absolute Gasteiger partial charge is 0.152 e. The molecule has 0 bridgehead atoms. The van der Waals surface area contributed by atoms with E-state index in [9.17, 15) is 0 Å². The van der Waals surface area contributed by atoms with Crippen molar-refractivity contribution in [2.75, 3.05) is 20.3 Å². The highest BCUT2D eigenvalue weighted by molar-refractivity contribution is 6.31. The van der Waals surface area contributed by atoms with Crippen LogP contribution in [0.5, 0.6) is 0 Å². The van der Waals surface area contributed by atoms with Gasteiger partial charge in [0.05, 0.1) is 30.1 Å². The molecule has 2 rings (SSSR count). The normalized spacial score (nSPS) is 22.7. The molecule has 0 spiro atoms. The van der Waals surface area contributed by atoms with Gasteiger partial charge in [-0.05, 0) is 26.3 Å². The first-order valence-corrected chi connectivity index (χ1v) is 7.55. The number of halogens is 2. The fourth-order valence-corrected chi connectivity index (χ4v) is 3.22. The molecule has 2 heterocycles. The summed E-state index contributed by atoms with van der Waals surface area (Å²) in [6.45, 7) is 3.56. The summed E-state index contributed by atoms with van der Waals surface area (Å²) in [5, 5.41) is 7.93. The number of aromatic nitrogens is 2. The predicted molar refractivity (Wildman–Crippen MR) is 77.8 cm³/mol. The molecule has 1 aliphatic heterocycles. The van der Waals surface area contributed by atoms with Crippen LogP contribution in [0.4, 0.5) is 4.39 Å². The van der Waals surface area contributed by atoms with Gasteiger partial charge in [-0.2, -0.15) is 5.10 Å². The second-order valence-corrected chi connectivity index (χ2v) is 6.01. The topological polar surface area (TPSA) is 39.1 Å². The first-order valence-electron chi connectivity index (χ1n) is 7.17. The first kappa shape index (κ1) is 15.7. The Hall–Kier alpha value is -0.650. The Bertz CT molecular complexity index is 430. The quantitative estimate of drug-likeness (QED) is 0.878. The molecule has 4 nitrogen and oxygen atoms in total. The van der Waals surface area contributed by atoms with Gasteiger partial charge in [0.2, 0.25) is 0 Å². The van der Waals surface area contributed by atoms with Crippen LogP contribution in [0.2, 0.25) is 5.02 Å². The lowest BCUT2D eigenvalue weighted by Gasteiger charge is -2.30. The van der Waals surface area contributed by atoms with Crippen molar-refractivity contribution < 1.29 is 9.13 Å². The maximum absolute atomic E-state index is 15.2.